The topological polar surface area (TPSA) is 9.23 Å². The molecule has 1 saturated carbocycles. The fraction of sp³-hybridized carbons (Fsp3) is 0.615. The van der Waals surface area contributed by atoms with Gasteiger partial charge in [-0.1, -0.05) is 30.5 Å². The summed E-state index contributed by atoms with van der Waals surface area (Å²) >= 11 is 6.66. The van der Waals surface area contributed by atoms with Crippen molar-refractivity contribution in [2.75, 3.05) is 0 Å². The minimum Gasteiger partial charge on any atom is -0.342 e. The van der Waals surface area contributed by atoms with E-state index in [0.29, 0.717) is 11.2 Å². The quantitative estimate of drug-likeness (QED) is 0.554. The molecule has 0 saturated heterocycles. The van der Waals surface area contributed by atoms with Crippen LogP contribution in [0.1, 0.15) is 33.1 Å². The van der Waals surface area contributed by atoms with E-state index >= 15 is 0 Å². The van der Waals surface area contributed by atoms with Crippen LogP contribution in [0.4, 0.5) is 0 Å². The van der Waals surface area contributed by atoms with E-state index in [1.807, 2.05) is 0 Å². The van der Waals surface area contributed by atoms with Gasteiger partial charge in [-0.05, 0) is 44.8 Å². The van der Waals surface area contributed by atoms with E-state index in [9.17, 15) is 0 Å². The Morgan fingerprint density at radius 2 is 2.35 bits per heavy atom. The summed E-state index contributed by atoms with van der Waals surface area (Å²) in [6.07, 6.45) is 3.15. The van der Waals surface area contributed by atoms with Gasteiger partial charge in [0.2, 0.25) is 0 Å². The van der Waals surface area contributed by atoms with Crippen LogP contribution in [0.25, 0.3) is 0 Å². The van der Waals surface area contributed by atoms with Crippen molar-refractivity contribution in [1.29, 1.82) is 0 Å². The Labute approximate surface area is 114 Å². The zero-order valence-electron chi connectivity index (χ0n) is 10.6. The molecule has 0 aromatic carbocycles. The highest BCUT2D eigenvalue weighted by Gasteiger charge is 2.40. The van der Waals surface area contributed by atoms with E-state index in [-0.39, 0.29) is 5.60 Å². The van der Waals surface area contributed by atoms with Gasteiger partial charge in [-0.25, -0.2) is 0 Å². The van der Waals surface area contributed by atoms with Crippen molar-refractivity contribution < 1.29 is 4.52 Å². The van der Waals surface area contributed by atoms with Crippen molar-refractivity contribution in [2.45, 2.75) is 44.0 Å². The molecule has 0 N–H and O–H groups in total. The molecule has 1 fully saturated rings. The largest absolute Gasteiger partial charge is 0.342 e. The number of allylic oxidation sites excluding steroid dienone is 1. The summed E-state index contributed by atoms with van der Waals surface area (Å²) in [6, 6.07) is 0. The molecule has 1 aliphatic carbocycles. The van der Waals surface area contributed by atoms with Gasteiger partial charge >= 0.3 is 0 Å². The molecule has 1 rings (SSSR count). The monoisotopic (exact) mass is 288 g/mol. The molecule has 4 heteroatoms. The normalized spacial score (nSPS) is 34.9. The second-order valence-corrected chi connectivity index (χ2v) is 8.18. The van der Waals surface area contributed by atoms with E-state index in [1.54, 1.807) is 5.82 Å². The van der Waals surface area contributed by atoms with Crippen molar-refractivity contribution in [3.05, 3.63) is 24.5 Å². The molecule has 0 radical (unpaired) electrons. The van der Waals surface area contributed by atoms with Gasteiger partial charge in [-0.3, -0.25) is 0 Å². The Balaban J connectivity index is 2.81. The second-order valence-electron chi connectivity index (χ2n) is 4.88. The summed E-state index contributed by atoms with van der Waals surface area (Å²) in [6.45, 7) is 10.7. The lowest BCUT2D eigenvalue weighted by atomic mass is 9.77. The first-order chi connectivity index (χ1) is 7.92. The molecule has 1 unspecified atom stereocenters. The van der Waals surface area contributed by atoms with Crippen LogP contribution in [0.5, 0.6) is 0 Å². The number of hydrogen-bond donors (Lipinski definition) is 0. The van der Waals surface area contributed by atoms with E-state index in [1.165, 1.54) is 16.7 Å². The van der Waals surface area contributed by atoms with Gasteiger partial charge in [0.05, 0.1) is 17.8 Å². The highest BCUT2D eigenvalue weighted by Crippen LogP contribution is 2.45. The minimum atomic E-state index is -1.31. The van der Waals surface area contributed by atoms with E-state index in [2.05, 4.69) is 27.0 Å². The Morgan fingerprint density at radius 3 is 2.82 bits per heavy atom. The Bertz CT molecular complexity index is 385. The van der Waals surface area contributed by atoms with E-state index < -0.39 is 6.92 Å². The average Bonchev–Trinajstić information content (AvgIpc) is 2.28. The van der Waals surface area contributed by atoms with Crippen LogP contribution < -0.4 is 0 Å². The number of hydrogen-bond acceptors (Lipinski definition) is 2. The van der Waals surface area contributed by atoms with Gasteiger partial charge in [0.25, 0.3) is 0 Å². The van der Waals surface area contributed by atoms with Gasteiger partial charge in [0.15, 0.2) is 0 Å². The minimum absolute atomic E-state index is 0.199. The summed E-state index contributed by atoms with van der Waals surface area (Å²) < 4.78 is 6.03. The first kappa shape index (κ1) is 15.1. The molecule has 0 bridgehead atoms. The molecule has 0 aromatic rings. The van der Waals surface area contributed by atoms with Crippen molar-refractivity contribution in [1.82, 2.24) is 0 Å². The van der Waals surface area contributed by atoms with Gasteiger partial charge in [0.1, 0.15) is 0 Å². The maximum Gasteiger partial charge on any atom is 0.0863 e. The lowest BCUT2D eigenvalue weighted by Crippen LogP contribution is -2.42. The second kappa shape index (κ2) is 6.31. The van der Waals surface area contributed by atoms with Crippen molar-refractivity contribution in [2.24, 2.45) is 5.92 Å². The molecule has 0 aliphatic heterocycles. The van der Waals surface area contributed by atoms with Gasteiger partial charge in [-0.2, -0.15) is 0 Å². The van der Waals surface area contributed by atoms with Crippen LogP contribution in [0.3, 0.4) is 0 Å². The summed E-state index contributed by atoms with van der Waals surface area (Å²) in [5.41, 5.74) is 6.87. The standard InChI is InChI=1S/C13H21OPS2/c1-6-15(16)14-13(4)8-7-11(10(2)3)9-12(13)17-5/h5-6,11-12,15H,1-2,7-9H2,3-4H3/t11-,12+,13+/m1/s1. The zero-order valence-corrected chi connectivity index (χ0v) is 13.2. The molecule has 0 aromatic heterocycles. The fourth-order valence-corrected chi connectivity index (χ4v) is 4.52. The molecule has 0 amide bonds. The maximum atomic E-state index is 6.03. The third-order valence-corrected chi connectivity index (χ3v) is 6.30. The van der Waals surface area contributed by atoms with Crippen LogP contribution in [-0.4, -0.2) is 10.9 Å². The summed E-state index contributed by atoms with van der Waals surface area (Å²) in [5.74, 6) is 2.33. The van der Waals surface area contributed by atoms with Crippen LogP contribution in [0.15, 0.2) is 24.5 Å². The maximum absolute atomic E-state index is 6.03. The summed E-state index contributed by atoms with van der Waals surface area (Å²) in [4.78, 5) is 0. The molecular formula is C13H21OPS2. The molecule has 1 nitrogen and oxygen atoms in total. The smallest absolute Gasteiger partial charge is 0.0863 e. The molecule has 1 aliphatic rings. The van der Waals surface area contributed by atoms with E-state index in [4.69, 9.17) is 22.0 Å². The highest BCUT2D eigenvalue weighted by atomic mass is 32.4. The van der Waals surface area contributed by atoms with Crippen LogP contribution >= 0.6 is 18.1 Å². The van der Waals surface area contributed by atoms with Gasteiger partial charge < -0.3 is 4.52 Å². The third kappa shape index (κ3) is 3.77. The van der Waals surface area contributed by atoms with Crippen molar-refractivity contribution in [3.63, 3.8) is 0 Å². The Kier molecular flexibility index (Phi) is 5.63. The first-order valence-electron chi connectivity index (χ1n) is 5.79. The molecule has 0 spiro atoms. The highest BCUT2D eigenvalue weighted by molar-refractivity contribution is 8.04. The zero-order chi connectivity index (χ0) is 13.1. The van der Waals surface area contributed by atoms with Crippen LogP contribution in [0, 0.1) is 11.6 Å². The predicted molar refractivity (Wildman–Crippen MR) is 83.8 cm³/mol. The Morgan fingerprint density at radius 1 is 1.71 bits per heavy atom. The molecule has 0 heterocycles. The lowest BCUT2D eigenvalue weighted by molar-refractivity contribution is 0.0624. The first-order valence-corrected chi connectivity index (χ1v) is 9.35. The van der Waals surface area contributed by atoms with Crippen molar-refractivity contribution in [3.8, 4) is 5.69 Å². The van der Waals surface area contributed by atoms with Gasteiger partial charge in [0, 0.05) is 0 Å². The lowest BCUT2D eigenvalue weighted by Gasteiger charge is -2.42. The van der Waals surface area contributed by atoms with Crippen LogP contribution in [-0.2, 0) is 16.3 Å². The molecule has 4 atom stereocenters. The molecular weight excluding hydrogens is 267 g/mol. The molecule has 17 heavy (non-hydrogen) atoms. The molecule has 96 valence electrons. The third-order valence-electron chi connectivity index (χ3n) is 3.53. The summed E-state index contributed by atoms with van der Waals surface area (Å²) in [7, 11) is 0. The van der Waals surface area contributed by atoms with Crippen molar-refractivity contribution >= 4 is 29.9 Å². The number of rotatable bonds is 4. The SMILES string of the molecule is C#S[C@H]1C[C@H](C(=C)C)CC[C@]1(C)O[PH](=S)C=C. The average molecular weight is 288 g/mol. The van der Waals surface area contributed by atoms with Crippen LogP contribution in [0.2, 0.25) is 0 Å². The Hall–Kier alpha value is 0.0900. The fourth-order valence-electron chi connectivity index (χ4n) is 2.28. The van der Waals surface area contributed by atoms with Gasteiger partial charge in [-0.15, -0.1) is 16.9 Å². The van der Waals surface area contributed by atoms with E-state index in [0.717, 1.165) is 19.3 Å². The summed E-state index contributed by atoms with van der Waals surface area (Å²) in [5, 5.41) is 0.292. The predicted octanol–water partition coefficient (Wildman–Crippen LogP) is 4.56.